The van der Waals surface area contributed by atoms with E-state index in [-0.39, 0.29) is 0 Å². The van der Waals surface area contributed by atoms with Crippen molar-refractivity contribution in [3.8, 4) is 0 Å². The average Bonchev–Trinajstić information content (AvgIpc) is 2.03. The number of aliphatic hydroxyl groups is 1. The predicted molar refractivity (Wildman–Crippen MR) is 43.2 cm³/mol. The van der Waals surface area contributed by atoms with Gasteiger partial charge in [-0.25, -0.2) is 0 Å². The van der Waals surface area contributed by atoms with Crippen LogP contribution in [0.25, 0.3) is 0 Å². The molecule has 0 spiro atoms. The molecule has 0 aliphatic heterocycles. The van der Waals surface area contributed by atoms with Gasteiger partial charge in [0.25, 0.3) is 0 Å². The summed E-state index contributed by atoms with van der Waals surface area (Å²) in [6, 6.07) is 0. The van der Waals surface area contributed by atoms with Crippen LogP contribution in [-0.4, -0.2) is 31.7 Å². The quantitative estimate of drug-likeness (QED) is 0.464. The molecule has 1 atom stereocenters. The van der Waals surface area contributed by atoms with Crippen molar-refractivity contribution in [2.75, 3.05) is 14.2 Å². The molecule has 0 fully saturated rings. The van der Waals surface area contributed by atoms with E-state index in [2.05, 4.69) is 6.58 Å². The summed E-state index contributed by atoms with van der Waals surface area (Å²) in [4.78, 5) is 0. The van der Waals surface area contributed by atoms with E-state index in [0.29, 0.717) is 6.42 Å². The lowest BCUT2D eigenvalue weighted by molar-refractivity contribution is -0.165. The number of ether oxygens (including phenoxy) is 2. The third kappa shape index (κ3) is 4.14. The van der Waals surface area contributed by atoms with Crippen LogP contribution in [0.1, 0.15) is 12.8 Å². The minimum absolute atomic E-state index is 0.519. The normalized spacial score (nSPS) is 13.5. The molecule has 1 N–H and O–H groups in total. The van der Waals surface area contributed by atoms with Gasteiger partial charge in [-0.1, -0.05) is 6.08 Å². The predicted octanol–water partition coefficient (Wildman–Crippen LogP) is 0.932. The van der Waals surface area contributed by atoms with Gasteiger partial charge in [0.05, 0.1) is 0 Å². The molecule has 11 heavy (non-hydrogen) atoms. The standard InChI is InChI=1S/C8H16O3/c1-4-5-6-7(9)8(10-2)11-3/h4,7-9H,1,5-6H2,2-3H3/t7-/m1/s1. The van der Waals surface area contributed by atoms with Gasteiger partial charge >= 0.3 is 0 Å². The van der Waals surface area contributed by atoms with E-state index < -0.39 is 12.4 Å². The lowest BCUT2D eigenvalue weighted by Crippen LogP contribution is -2.29. The molecule has 0 saturated heterocycles. The Morgan fingerprint density at radius 1 is 1.45 bits per heavy atom. The molecule has 0 aliphatic carbocycles. The van der Waals surface area contributed by atoms with Crippen molar-refractivity contribution in [2.24, 2.45) is 0 Å². The molecular weight excluding hydrogens is 144 g/mol. The molecule has 0 saturated carbocycles. The molecule has 0 unspecified atom stereocenters. The molecule has 0 aliphatic rings. The van der Waals surface area contributed by atoms with Gasteiger partial charge in [0.2, 0.25) is 0 Å². The Hall–Kier alpha value is -0.380. The lowest BCUT2D eigenvalue weighted by atomic mass is 10.2. The monoisotopic (exact) mass is 160 g/mol. The summed E-state index contributed by atoms with van der Waals surface area (Å²) in [5.74, 6) is 0. The first-order valence-corrected chi connectivity index (χ1v) is 3.60. The molecule has 0 aromatic carbocycles. The number of allylic oxidation sites excluding steroid dienone is 1. The van der Waals surface area contributed by atoms with Crippen molar-refractivity contribution in [1.29, 1.82) is 0 Å². The molecule has 0 amide bonds. The fourth-order valence-electron chi connectivity index (χ4n) is 0.835. The van der Waals surface area contributed by atoms with Crippen LogP contribution in [0.5, 0.6) is 0 Å². The van der Waals surface area contributed by atoms with Crippen LogP contribution in [0, 0.1) is 0 Å². The highest BCUT2D eigenvalue weighted by atomic mass is 16.7. The fourth-order valence-corrected chi connectivity index (χ4v) is 0.835. The highest BCUT2D eigenvalue weighted by molar-refractivity contribution is 4.70. The van der Waals surface area contributed by atoms with Gasteiger partial charge in [-0.15, -0.1) is 6.58 Å². The number of methoxy groups -OCH3 is 2. The zero-order valence-corrected chi connectivity index (χ0v) is 7.12. The van der Waals surface area contributed by atoms with Crippen molar-refractivity contribution in [3.63, 3.8) is 0 Å². The molecule has 3 nitrogen and oxygen atoms in total. The zero-order valence-electron chi connectivity index (χ0n) is 7.12. The first-order valence-electron chi connectivity index (χ1n) is 3.60. The second kappa shape index (κ2) is 6.34. The maximum absolute atomic E-state index is 9.34. The number of aliphatic hydroxyl groups excluding tert-OH is 1. The summed E-state index contributed by atoms with van der Waals surface area (Å²) in [6.07, 6.45) is 2.06. The van der Waals surface area contributed by atoms with Crippen LogP contribution in [0.3, 0.4) is 0 Å². The first kappa shape index (κ1) is 10.6. The lowest BCUT2D eigenvalue weighted by Gasteiger charge is -2.18. The minimum Gasteiger partial charge on any atom is -0.388 e. The van der Waals surface area contributed by atoms with Crippen LogP contribution in [0.2, 0.25) is 0 Å². The van der Waals surface area contributed by atoms with Gasteiger partial charge in [0.1, 0.15) is 6.10 Å². The summed E-state index contributed by atoms with van der Waals surface area (Å²) >= 11 is 0. The number of rotatable bonds is 6. The third-order valence-electron chi connectivity index (χ3n) is 1.45. The molecule has 0 aromatic rings. The number of hydrogen-bond acceptors (Lipinski definition) is 3. The molecule has 0 aromatic heterocycles. The topological polar surface area (TPSA) is 38.7 Å². The van der Waals surface area contributed by atoms with Gasteiger partial charge in [-0.3, -0.25) is 0 Å². The Kier molecular flexibility index (Phi) is 6.12. The van der Waals surface area contributed by atoms with Crippen molar-refractivity contribution in [3.05, 3.63) is 12.7 Å². The maximum atomic E-state index is 9.34. The van der Waals surface area contributed by atoms with E-state index >= 15 is 0 Å². The van der Waals surface area contributed by atoms with E-state index in [9.17, 15) is 5.11 Å². The summed E-state index contributed by atoms with van der Waals surface area (Å²) in [5.41, 5.74) is 0. The average molecular weight is 160 g/mol. The van der Waals surface area contributed by atoms with Crippen molar-refractivity contribution < 1.29 is 14.6 Å². The largest absolute Gasteiger partial charge is 0.388 e. The van der Waals surface area contributed by atoms with Gasteiger partial charge < -0.3 is 14.6 Å². The van der Waals surface area contributed by atoms with Crippen molar-refractivity contribution >= 4 is 0 Å². The van der Waals surface area contributed by atoms with Crippen LogP contribution >= 0.6 is 0 Å². The van der Waals surface area contributed by atoms with Gasteiger partial charge in [0, 0.05) is 14.2 Å². The van der Waals surface area contributed by atoms with Crippen LogP contribution in [-0.2, 0) is 9.47 Å². The zero-order chi connectivity index (χ0) is 8.69. The molecule has 0 radical (unpaired) electrons. The van der Waals surface area contributed by atoms with E-state index in [0.717, 1.165) is 6.42 Å². The van der Waals surface area contributed by atoms with E-state index in [1.165, 1.54) is 14.2 Å². The summed E-state index contributed by atoms with van der Waals surface area (Å²) < 4.78 is 9.70. The number of hydrogen-bond donors (Lipinski definition) is 1. The van der Waals surface area contributed by atoms with E-state index in [4.69, 9.17) is 9.47 Å². The Morgan fingerprint density at radius 3 is 2.36 bits per heavy atom. The Labute approximate surface area is 67.6 Å². The van der Waals surface area contributed by atoms with E-state index in [1.807, 2.05) is 0 Å². The molecular formula is C8H16O3. The smallest absolute Gasteiger partial charge is 0.182 e. The Balaban J connectivity index is 3.59. The Bertz CT molecular complexity index is 99.5. The molecule has 0 bridgehead atoms. The minimum atomic E-state index is -0.567. The molecule has 0 rings (SSSR count). The van der Waals surface area contributed by atoms with Crippen LogP contribution in [0.4, 0.5) is 0 Å². The Morgan fingerprint density at radius 2 is 2.00 bits per heavy atom. The second-order valence-corrected chi connectivity index (χ2v) is 2.27. The fraction of sp³-hybridized carbons (Fsp3) is 0.750. The van der Waals surface area contributed by atoms with Crippen molar-refractivity contribution in [1.82, 2.24) is 0 Å². The summed E-state index contributed by atoms with van der Waals surface area (Å²) in [7, 11) is 3.01. The second-order valence-electron chi connectivity index (χ2n) is 2.27. The molecule has 3 heteroatoms. The van der Waals surface area contributed by atoms with E-state index in [1.54, 1.807) is 6.08 Å². The SMILES string of the molecule is C=CCC[C@@H](O)C(OC)OC. The van der Waals surface area contributed by atoms with Gasteiger partial charge in [-0.05, 0) is 12.8 Å². The van der Waals surface area contributed by atoms with Gasteiger partial charge in [0.15, 0.2) is 6.29 Å². The van der Waals surface area contributed by atoms with Gasteiger partial charge in [-0.2, -0.15) is 0 Å². The maximum Gasteiger partial charge on any atom is 0.182 e. The van der Waals surface area contributed by atoms with Crippen LogP contribution in [0.15, 0.2) is 12.7 Å². The first-order chi connectivity index (χ1) is 5.26. The molecule has 0 heterocycles. The highest BCUT2D eigenvalue weighted by Gasteiger charge is 2.16. The van der Waals surface area contributed by atoms with Crippen LogP contribution < -0.4 is 0 Å². The van der Waals surface area contributed by atoms with Crippen molar-refractivity contribution in [2.45, 2.75) is 25.2 Å². The summed E-state index contributed by atoms with van der Waals surface area (Å²) in [5, 5.41) is 9.34. The highest BCUT2D eigenvalue weighted by Crippen LogP contribution is 2.06. The third-order valence-corrected chi connectivity index (χ3v) is 1.45. The summed E-state index contributed by atoms with van der Waals surface area (Å²) in [6.45, 7) is 3.55. The molecule has 66 valence electrons.